The van der Waals surface area contributed by atoms with Crippen LogP contribution in [0.1, 0.15) is 5.56 Å². The highest BCUT2D eigenvalue weighted by molar-refractivity contribution is 7.89. The summed E-state index contributed by atoms with van der Waals surface area (Å²) in [4.78, 5) is -0.198. The minimum Gasteiger partial charge on any atom is -0.507 e. The number of rotatable bonds is 4. The molecule has 1 heterocycles. The monoisotopic (exact) mass is 383 g/mol. The SMILES string of the molecule is Cc1cccc(Cl)c1Oc1ccc(O)c(S(=O)(=O)N2CCOCC2)c1. The van der Waals surface area contributed by atoms with Crippen LogP contribution in [0.25, 0.3) is 0 Å². The van der Waals surface area contributed by atoms with Gasteiger partial charge < -0.3 is 14.6 Å². The average molecular weight is 384 g/mol. The zero-order valence-corrected chi connectivity index (χ0v) is 15.2. The van der Waals surface area contributed by atoms with E-state index in [4.69, 9.17) is 21.1 Å². The van der Waals surface area contributed by atoms with E-state index in [-0.39, 0.29) is 29.5 Å². The first-order valence-electron chi connectivity index (χ1n) is 7.73. The zero-order chi connectivity index (χ0) is 18.0. The highest BCUT2D eigenvalue weighted by atomic mass is 35.5. The molecule has 8 heteroatoms. The summed E-state index contributed by atoms with van der Waals surface area (Å²) in [6.07, 6.45) is 0. The van der Waals surface area contributed by atoms with Gasteiger partial charge in [-0.1, -0.05) is 23.7 Å². The van der Waals surface area contributed by atoms with E-state index in [0.29, 0.717) is 24.0 Å². The number of aromatic hydroxyl groups is 1. The predicted octanol–water partition coefficient (Wildman–Crippen LogP) is 3.17. The fourth-order valence-electron chi connectivity index (χ4n) is 2.55. The summed E-state index contributed by atoms with van der Waals surface area (Å²) in [6, 6.07) is 9.44. The molecule has 3 rings (SSSR count). The number of sulfonamides is 1. The maximum absolute atomic E-state index is 12.8. The molecule has 1 aliphatic heterocycles. The van der Waals surface area contributed by atoms with Gasteiger partial charge in [0.05, 0.1) is 18.2 Å². The molecule has 0 spiro atoms. The molecule has 2 aromatic rings. The van der Waals surface area contributed by atoms with Crippen LogP contribution in [0.3, 0.4) is 0 Å². The number of ether oxygens (including phenoxy) is 2. The lowest BCUT2D eigenvalue weighted by Gasteiger charge is -2.26. The molecule has 0 aliphatic carbocycles. The Bertz CT molecular complexity index is 858. The highest BCUT2D eigenvalue weighted by Gasteiger charge is 2.29. The summed E-state index contributed by atoms with van der Waals surface area (Å²) in [5.41, 5.74) is 0.818. The number of halogens is 1. The van der Waals surface area contributed by atoms with Crippen molar-refractivity contribution in [2.75, 3.05) is 26.3 Å². The quantitative estimate of drug-likeness (QED) is 0.877. The van der Waals surface area contributed by atoms with Crippen molar-refractivity contribution < 1.29 is 23.0 Å². The summed E-state index contributed by atoms with van der Waals surface area (Å²) >= 11 is 6.15. The summed E-state index contributed by atoms with van der Waals surface area (Å²) in [7, 11) is -3.84. The van der Waals surface area contributed by atoms with Crippen LogP contribution < -0.4 is 4.74 Å². The highest BCUT2D eigenvalue weighted by Crippen LogP contribution is 2.36. The van der Waals surface area contributed by atoms with Crippen molar-refractivity contribution in [3.63, 3.8) is 0 Å². The van der Waals surface area contributed by atoms with Crippen molar-refractivity contribution in [1.29, 1.82) is 0 Å². The molecule has 134 valence electrons. The van der Waals surface area contributed by atoms with Crippen LogP contribution in [0.5, 0.6) is 17.2 Å². The van der Waals surface area contributed by atoms with E-state index in [2.05, 4.69) is 0 Å². The third kappa shape index (κ3) is 3.74. The van der Waals surface area contributed by atoms with E-state index >= 15 is 0 Å². The maximum Gasteiger partial charge on any atom is 0.247 e. The molecule has 0 radical (unpaired) electrons. The first-order valence-corrected chi connectivity index (χ1v) is 9.55. The van der Waals surface area contributed by atoms with Gasteiger partial charge in [-0.05, 0) is 30.7 Å². The van der Waals surface area contributed by atoms with Crippen molar-refractivity contribution in [2.24, 2.45) is 0 Å². The van der Waals surface area contributed by atoms with Gasteiger partial charge >= 0.3 is 0 Å². The first-order chi connectivity index (χ1) is 11.9. The molecule has 0 saturated carbocycles. The van der Waals surface area contributed by atoms with Gasteiger partial charge in [-0.25, -0.2) is 8.42 Å². The first kappa shape index (κ1) is 18.0. The largest absolute Gasteiger partial charge is 0.507 e. The molecular formula is C17H18ClNO5S. The molecule has 0 bridgehead atoms. The molecule has 0 unspecified atom stereocenters. The number of morpholine rings is 1. The van der Waals surface area contributed by atoms with Gasteiger partial charge in [0.25, 0.3) is 0 Å². The Balaban J connectivity index is 1.95. The van der Waals surface area contributed by atoms with Crippen LogP contribution in [0, 0.1) is 6.92 Å². The van der Waals surface area contributed by atoms with Gasteiger partial charge in [0.15, 0.2) is 0 Å². The Morgan fingerprint density at radius 2 is 1.92 bits per heavy atom. The summed E-state index contributed by atoms with van der Waals surface area (Å²) < 4.78 is 37.8. The average Bonchev–Trinajstić information content (AvgIpc) is 2.60. The molecule has 2 aromatic carbocycles. The predicted molar refractivity (Wildman–Crippen MR) is 93.9 cm³/mol. The van der Waals surface area contributed by atoms with E-state index in [9.17, 15) is 13.5 Å². The molecule has 1 aliphatic rings. The molecule has 25 heavy (non-hydrogen) atoms. The third-order valence-corrected chi connectivity index (χ3v) is 6.13. The van der Waals surface area contributed by atoms with Crippen LogP contribution in [-0.2, 0) is 14.8 Å². The van der Waals surface area contributed by atoms with Gasteiger partial charge in [0.2, 0.25) is 10.0 Å². The fourth-order valence-corrected chi connectivity index (χ4v) is 4.32. The Hall–Kier alpha value is -1.80. The van der Waals surface area contributed by atoms with Crippen LogP contribution >= 0.6 is 11.6 Å². The van der Waals surface area contributed by atoms with Gasteiger partial charge in [-0.2, -0.15) is 4.31 Å². The van der Waals surface area contributed by atoms with Crippen LogP contribution in [0.2, 0.25) is 5.02 Å². The zero-order valence-electron chi connectivity index (χ0n) is 13.6. The molecule has 0 atom stereocenters. The summed E-state index contributed by atoms with van der Waals surface area (Å²) in [5.74, 6) is 0.403. The number of nitrogens with zero attached hydrogens (tertiary/aromatic N) is 1. The molecule has 0 amide bonds. The lowest BCUT2D eigenvalue weighted by Crippen LogP contribution is -2.40. The number of hydrogen-bond acceptors (Lipinski definition) is 5. The topological polar surface area (TPSA) is 76.1 Å². The number of hydrogen-bond donors (Lipinski definition) is 1. The number of benzene rings is 2. The number of phenolic OH excluding ortho intramolecular Hbond substituents is 1. The number of para-hydroxylation sites is 1. The van der Waals surface area contributed by atoms with E-state index in [0.717, 1.165) is 5.56 Å². The van der Waals surface area contributed by atoms with Crippen LogP contribution in [0.15, 0.2) is 41.3 Å². The lowest BCUT2D eigenvalue weighted by atomic mass is 10.2. The van der Waals surface area contributed by atoms with E-state index < -0.39 is 10.0 Å². The molecule has 1 fully saturated rings. The number of aryl methyl sites for hydroxylation is 1. The van der Waals surface area contributed by atoms with Crippen molar-refractivity contribution in [1.82, 2.24) is 4.31 Å². The Morgan fingerprint density at radius 3 is 2.60 bits per heavy atom. The van der Waals surface area contributed by atoms with Crippen molar-refractivity contribution >= 4 is 21.6 Å². The van der Waals surface area contributed by atoms with Crippen molar-refractivity contribution in [3.8, 4) is 17.2 Å². The van der Waals surface area contributed by atoms with E-state index in [1.165, 1.54) is 22.5 Å². The van der Waals surface area contributed by atoms with Gasteiger partial charge in [0.1, 0.15) is 22.1 Å². The second-order valence-electron chi connectivity index (χ2n) is 5.63. The molecule has 6 nitrogen and oxygen atoms in total. The van der Waals surface area contributed by atoms with Crippen LogP contribution in [0.4, 0.5) is 0 Å². The molecule has 1 N–H and O–H groups in total. The third-order valence-electron chi connectivity index (χ3n) is 3.90. The lowest BCUT2D eigenvalue weighted by molar-refractivity contribution is 0.0729. The van der Waals surface area contributed by atoms with Gasteiger partial charge in [-0.15, -0.1) is 0 Å². The van der Waals surface area contributed by atoms with Gasteiger partial charge in [-0.3, -0.25) is 0 Å². The minimum atomic E-state index is -3.84. The second kappa shape index (κ2) is 7.21. The second-order valence-corrected chi connectivity index (χ2v) is 7.95. The van der Waals surface area contributed by atoms with Crippen molar-refractivity contribution in [2.45, 2.75) is 11.8 Å². The summed E-state index contributed by atoms with van der Waals surface area (Å²) in [6.45, 7) is 2.99. The minimum absolute atomic E-state index is 0.198. The Labute approximate surface area is 151 Å². The molecule has 1 saturated heterocycles. The molecule has 0 aromatic heterocycles. The standard InChI is InChI=1S/C17H18ClNO5S/c1-12-3-2-4-14(18)17(12)24-13-5-6-15(20)16(11-13)25(21,22)19-7-9-23-10-8-19/h2-6,11,20H,7-10H2,1H3. The normalized spacial score (nSPS) is 15.9. The molecular weight excluding hydrogens is 366 g/mol. The van der Waals surface area contributed by atoms with E-state index in [1.807, 2.05) is 13.0 Å². The number of phenols is 1. The maximum atomic E-state index is 12.8. The summed E-state index contributed by atoms with van der Waals surface area (Å²) in [5, 5.41) is 10.5. The Morgan fingerprint density at radius 1 is 1.20 bits per heavy atom. The van der Waals surface area contributed by atoms with Crippen LogP contribution in [-0.4, -0.2) is 44.1 Å². The smallest absolute Gasteiger partial charge is 0.247 e. The Kier molecular flexibility index (Phi) is 5.19. The van der Waals surface area contributed by atoms with E-state index in [1.54, 1.807) is 12.1 Å². The van der Waals surface area contributed by atoms with Crippen molar-refractivity contribution in [3.05, 3.63) is 47.0 Å². The fraction of sp³-hybridized carbons (Fsp3) is 0.294. The van der Waals surface area contributed by atoms with Gasteiger partial charge in [0, 0.05) is 19.2 Å².